The molecule has 1 aliphatic rings. The van der Waals surface area contributed by atoms with Crippen molar-refractivity contribution >= 4 is 38.2 Å². The van der Waals surface area contributed by atoms with Crippen molar-refractivity contribution in [3.63, 3.8) is 0 Å². The second kappa shape index (κ2) is 6.52. The van der Waals surface area contributed by atoms with Gasteiger partial charge in [-0.1, -0.05) is 36.4 Å². The molecule has 2 aromatic rings. The highest BCUT2D eigenvalue weighted by Crippen LogP contribution is 2.26. The summed E-state index contributed by atoms with van der Waals surface area (Å²) < 4.78 is 27.8. The monoisotopic (exact) mass is 425 g/mol. The van der Waals surface area contributed by atoms with Crippen molar-refractivity contribution in [3.05, 3.63) is 69.8 Å². The Bertz CT molecular complexity index is 783. The van der Waals surface area contributed by atoms with E-state index in [4.69, 9.17) is 0 Å². The second-order valence-electron chi connectivity index (χ2n) is 5.16. The number of halogens is 1. The lowest BCUT2D eigenvalue weighted by Crippen LogP contribution is -2.34. The van der Waals surface area contributed by atoms with Gasteiger partial charge < -0.3 is 0 Å². The lowest BCUT2D eigenvalue weighted by molar-refractivity contribution is 0.441. The van der Waals surface area contributed by atoms with Crippen molar-refractivity contribution < 1.29 is 8.42 Å². The van der Waals surface area contributed by atoms with Gasteiger partial charge in [-0.25, -0.2) is 8.42 Å². The maximum Gasteiger partial charge on any atom is 0.243 e. The van der Waals surface area contributed by atoms with Crippen LogP contribution in [0.5, 0.6) is 0 Å². The fraction of sp³-hybridized carbons (Fsp3) is 0.176. The summed E-state index contributed by atoms with van der Waals surface area (Å²) in [4.78, 5) is 0.365. The Morgan fingerprint density at radius 2 is 1.64 bits per heavy atom. The molecule has 0 atom stereocenters. The maximum atomic E-state index is 12.6. The van der Waals surface area contributed by atoms with Gasteiger partial charge in [-0.05, 0) is 64.4 Å². The van der Waals surface area contributed by atoms with Crippen molar-refractivity contribution in [2.45, 2.75) is 11.3 Å². The molecule has 0 aliphatic carbocycles. The minimum absolute atomic E-state index is 0.365. The summed E-state index contributed by atoms with van der Waals surface area (Å²) in [7, 11) is -3.40. The Kier molecular flexibility index (Phi) is 4.65. The number of hydrogen-bond donors (Lipinski definition) is 0. The molecule has 114 valence electrons. The Labute approximate surface area is 144 Å². The molecule has 0 fully saturated rings. The van der Waals surface area contributed by atoms with E-state index in [9.17, 15) is 8.42 Å². The van der Waals surface area contributed by atoms with Crippen molar-refractivity contribution in [3.8, 4) is 0 Å². The summed E-state index contributed by atoms with van der Waals surface area (Å²) in [5, 5.41) is 0. The van der Waals surface area contributed by atoms with E-state index >= 15 is 0 Å². The molecule has 0 aromatic heterocycles. The van der Waals surface area contributed by atoms with E-state index in [1.165, 1.54) is 11.1 Å². The van der Waals surface area contributed by atoms with E-state index in [0.29, 0.717) is 18.0 Å². The van der Waals surface area contributed by atoms with Crippen LogP contribution in [-0.2, 0) is 10.0 Å². The Morgan fingerprint density at radius 1 is 0.955 bits per heavy atom. The SMILES string of the molecule is O=S(=O)(c1ccc(I)cc1)N1CC=C(c2ccccc2)CC1. The lowest BCUT2D eigenvalue weighted by Gasteiger charge is -2.26. The third kappa shape index (κ3) is 3.26. The molecule has 0 saturated carbocycles. The van der Waals surface area contributed by atoms with Gasteiger partial charge in [-0.3, -0.25) is 0 Å². The molecule has 3 rings (SSSR count). The van der Waals surface area contributed by atoms with Gasteiger partial charge in [0, 0.05) is 16.7 Å². The van der Waals surface area contributed by atoms with Crippen LogP contribution in [-0.4, -0.2) is 25.8 Å². The smallest absolute Gasteiger partial charge is 0.207 e. The fourth-order valence-corrected chi connectivity index (χ4v) is 4.28. The molecule has 5 heteroatoms. The molecule has 1 heterocycles. The number of benzene rings is 2. The summed E-state index contributed by atoms with van der Waals surface area (Å²) >= 11 is 2.17. The normalized spacial score (nSPS) is 16.3. The number of rotatable bonds is 3. The van der Waals surface area contributed by atoms with Crippen LogP contribution in [0.2, 0.25) is 0 Å². The highest BCUT2D eigenvalue weighted by Gasteiger charge is 2.26. The molecule has 0 saturated heterocycles. The average Bonchev–Trinajstić information content (AvgIpc) is 2.56. The van der Waals surface area contributed by atoms with Gasteiger partial charge in [0.05, 0.1) is 4.90 Å². The van der Waals surface area contributed by atoms with Crippen molar-refractivity contribution in [2.75, 3.05) is 13.1 Å². The summed E-state index contributed by atoms with van der Waals surface area (Å²) in [5.74, 6) is 0. The molecule has 22 heavy (non-hydrogen) atoms. The van der Waals surface area contributed by atoms with Crippen molar-refractivity contribution in [1.82, 2.24) is 4.31 Å². The van der Waals surface area contributed by atoms with Gasteiger partial charge in [0.2, 0.25) is 10.0 Å². The number of sulfonamides is 1. The second-order valence-corrected chi connectivity index (χ2v) is 8.35. The zero-order valence-corrected chi connectivity index (χ0v) is 14.9. The Hall–Kier alpha value is -1.18. The van der Waals surface area contributed by atoms with Crippen LogP contribution < -0.4 is 0 Å². The minimum Gasteiger partial charge on any atom is -0.207 e. The van der Waals surface area contributed by atoms with Crippen LogP contribution in [0.4, 0.5) is 0 Å². The van der Waals surface area contributed by atoms with E-state index in [1.54, 1.807) is 16.4 Å². The molecule has 0 unspecified atom stereocenters. The molecular weight excluding hydrogens is 409 g/mol. The molecule has 1 aliphatic heterocycles. The molecule has 0 radical (unpaired) electrons. The van der Waals surface area contributed by atoms with Gasteiger partial charge in [0.25, 0.3) is 0 Å². The predicted octanol–water partition coefficient (Wildman–Crippen LogP) is 3.77. The standard InChI is InChI=1S/C17H16INO2S/c18-16-6-8-17(9-7-16)22(20,21)19-12-10-15(11-13-19)14-4-2-1-3-5-14/h1-10H,11-13H2. The van der Waals surface area contributed by atoms with Crippen LogP contribution in [0.1, 0.15) is 12.0 Å². The fourth-order valence-electron chi connectivity index (χ4n) is 2.54. The highest BCUT2D eigenvalue weighted by atomic mass is 127. The third-order valence-electron chi connectivity index (χ3n) is 3.77. The first-order valence-corrected chi connectivity index (χ1v) is 9.59. The zero-order chi connectivity index (χ0) is 15.6. The van der Waals surface area contributed by atoms with E-state index in [-0.39, 0.29) is 0 Å². The van der Waals surface area contributed by atoms with Crippen molar-refractivity contribution in [1.29, 1.82) is 0 Å². The first-order chi connectivity index (χ1) is 10.6. The Balaban J connectivity index is 1.81. The zero-order valence-electron chi connectivity index (χ0n) is 11.9. The lowest BCUT2D eigenvalue weighted by atomic mass is 10.0. The molecule has 2 aromatic carbocycles. The van der Waals surface area contributed by atoms with Gasteiger partial charge in [0.15, 0.2) is 0 Å². The van der Waals surface area contributed by atoms with E-state index in [1.807, 2.05) is 36.4 Å². The average molecular weight is 425 g/mol. The van der Waals surface area contributed by atoms with Gasteiger partial charge in [0.1, 0.15) is 0 Å². The first-order valence-electron chi connectivity index (χ1n) is 7.07. The van der Waals surface area contributed by atoms with Gasteiger partial charge in [-0.15, -0.1) is 0 Å². The van der Waals surface area contributed by atoms with Crippen LogP contribution in [0, 0.1) is 3.57 Å². The van der Waals surface area contributed by atoms with E-state index in [0.717, 1.165) is 9.99 Å². The van der Waals surface area contributed by atoms with Crippen LogP contribution in [0.3, 0.4) is 0 Å². The summed E-state index contributed by atoms with van der Waals surface area (Å²) in [6, 6.07) is 17.1. The van der Waals surface area contributed by atoms with E-state index < -0.39 is 10.0 Å². The largest absolute Gasteiger partial charge is 0.243 e. The molecule has 0 bridgehead atoms. The third-order valence-corrected chi connectivity index (χ3v) is 6.37. The quantitative estimate of drug-likeness (QED) is 0.703. The highest BCUT2D eigenvalue weighted by molar-refractivity contribution is 14.1. The Morgan fingerprint density at radius 3 is 2.23 bits per heavy atom. The van der Waals surface area contributed by atoms with Gasteiger partial charge >= 0.3 is 0 Å². The number of hydrogen-bond acceptors (Lipinski definition) is 2. The molecule has 3 nitrogen and oxygen atoms in total. The van der Waals surface area contributed by atoms with Gasteiger partial charge in [-0.2, -0.15) is 4.31 Å². The minimum atomic E-state index is -3.40. The molecule has 0 spiro atoms. The van der Waals surface area contributed by atoms with Crippen LogP contribution in [0.15, 0.2) is 65.6 Å². The number of nitrogens with zero attached hydrogens (tertiary/aromatic N) is 1. The summed E-state index contributed by atoms with van der Waals surface area (Å²) in [6.07, 6.45) is 2.76. The van der Waals surface area contributed by atoms with Crippen LogP contribution in [0.25, 0.3) is 5.57 Å². The molecule has 0 amide bonds. The predicted molar refractivity (Wildman–Crippen MR) is 97.0 cm³/mol. The summed E-state index contributed by atoms with van der Waals surface area (Å²) in [5.41, 5.74) is 2.39. The van der Waals surface area contributed by atoms with E-state index in [2.05, 4.69) is 34.7 Å². The maximum absolute atomic E-state index is 12.6. The topological polar surface area (TPSA) is 37.4 Å². The molecule has 0 N–H and O–H groups in total. The summed E-state index contributed by atoms with van der Waals surface area (Å²) in [6.45, 7) is 0.952. The first kappa shape index (κ1) is 15.7. The van der Waals surface area contributed by atoms with Crippen molar-refractivity contribution in [2.24, 2.45) is 0 Å². The molecular formula is C17H16INO2S. The van der Waals surface area contributed by atoms with Crippen LogP contribution >= 0.6 is 22.6 Å².